The van der Waals surface area contributed by atoms with Crippen molar-refractivity contribution in [1.82, 2.24) is 13.7 Å². The molecule has 0 radical (unpaired) electrons. The molecule has 0 atom stereocenters. The van der Waals surface area contributed by atoms with Gasteiger partial charge in [0.05, 0.1) is 27.6 Å². The Balaban J connectivity index is 1.14. The van der Waals surface area contributed by atoms with Crippen molar-refractivity contribution in [2.24, 2.45) is 5.41 Å². The van der Waals surface area contributed by atoms with Gasteiger partial charge in [0.25, 0.3) is 0 Å². The average Bonchev–Trinajstić information content (AvgIpc) is 3.93. The van der Waals surface area contributed by atoms with Crippen LogP contribution in [0.15, 0.2) is 151 Å². The summed E-state index contributed by atoms with van der Waals surface area (Å²) in [5, 5.41) is 11.5. The van der Waals surface area contributed by atoms with Crippen LogP contribution in [-0.4, -0.2) is 13.7 Å². The van der Waals surface area contributed by atoms with Gasteiger partial charge >= 0.3 is 0 Å². The third-order valence-corrected chi connectivity index (χ3v) is 15.6. The van der Waals surface area contributed by atoms with E-state index < -0.39 is 0 Å². The first-order valence-electron chi connectivity index (χ1n) is 25.2. The summed E-state index contributed by atoms with van der Waals surface area (Å²) < 4.78 is 7.60. The summed E-state index contributed by atoms with van der Waals surface area (Å²) in [6, 6.07) is 56.4. The van der Waals surface area contributed by atoms with Gasteiger partial charge in [0.15, 0.2) is 0 Å². The zero-order valence-electron chi connectivity index (χ0n) is 42.7. The molecule has 0 saturated heterocycles. The third kappa shape index (κ3) is 6.98. The molecule has 0 aliphatic heterocycles. The Bertz CT molecular complexity index is 3910. The molecule has 69 heavy (non-hydrogen) atoms. The molecule has 1 aliphatic carbocycles. The SMILES string of the molecule is CC(C)(C)C1=Cc2c(n(-c3ccc4c(c3)c3cc(-n5c6ccc(C(C)(C)C)cc6c6cc(C(C)(C)C)ccc65)ccc3n4-c3ccc4cc5ccccc5cc4c3)c3ccc(C(C)(C)C)cc23)CC1. The van der Waals surface area contributed by atoms with Crippen molar-refractivity contribution in [2.75, 3.05) is 0 Å². The Morgan fingerprint density at radius 2 is 0.710 bits per heavy atom. The topological polar surface area (TPSA) is 14.8 Å². The molecule has 0 bridgehead atoms. The highest BCUT2D eigenvalue weighted by molar-refractivity contribution is 6.13. The minimum atomic E-state index is 0.0307. The molecule has 0 fully saturated rings. The molecule has 3 heterocycles. The Hall–Kier alpha value is -6.84. The van der Waals surface area contributed by atoms with Gasteiger partial charge in [-0.1, -0.05) is 143 Å². The number of hydrogen-bond acceptors (Lipinski definition) is 0. The Labute approximate surface area is 407 Å². The van der Waals surface area contributed by atoms with E-state index in [-0.39, 0.29) is 21.7 Å². The summed E-state index contributed by atoms with van der Waals surface area (Å²) in [7, 11) is 0. The lowest BCUT2D eigenvalue weighted by molar-refractivity contribution is 0.483. The van der Waals surface area contributed by atoms with Crippen LogP contribution in [0.3, 0.4) is 0 Å². The molecule has 8 aromatic carbocycles. The van der Waals surface area contributed by atoms with Crippen molar-refractivity contribution in [1.29, 1.82) is 0 Å². The van der Waals surface area contributed by atoms with Crippen molar-refractivity contribution in [3.63, 3.8) is 0 Å². The molecular formula is C66H65N3. The van der Waals surface area contributed by atoms with Crippen LogP contribution < -0.4 is 0 Å². The second-order valence-corrected chi connectivity index (χ2v) is 24.4. The first-order valence-corrected chi connectivity index (χ1v) is 25.2. The summed E-state index contributed by atoms with van der Waals surface area (Å²) in [5.41, 5.74) is 18.3. The quantitative estimate of drug-likeness (QED) is 0.157. The van der Waals surface area contributed by atoms with Gasteiger partial charge in [-0.2, -0.15) is 0 Å². The maximum absolute atomic E-state index is 2.59. The molecule has 0 N–H and O–H groups in total. The lowest BCUT2D eigenvalue weighted by Crippen LogP contribution is -2.14. The van der Waals surface area contributed by atoms with Crippen LogP contribution in [0.1, 0.15) is 117 Å². The fourth-order valence-corrected chi connectivity index (χ4v) is 11.5. The van der Waals surface area contributed by atoms with Crippen molar-refractivity contribution in [3.05, 3.63) is 179 Å². The molecule has 3 heteroatoms. The summed E-state index contributed by atoms with van der Waals surface area (Å²) in [6.45, 7) is 28.0. The number of aromatic nitrogens is 3. The molecule has 344 valence electrons. The van der Waals surface area contributed by atoms with E-state index in [4.69, 9.17) is 0 Å². The molecule has 0 unspecified atom stereocenters. The van der Waals surface area contributed by atoms with E-state index in [1.165, 1.54) is 121 Å². The standard InChI is InChI=1S/C66H65N3/c1-63(2,3)44-18-25-57-51(34-44)52-35-45(64(4,5)6)19-26-58(52)68(57)49-23-29-61-55(38-49)56-39-50(24-30-62(56)67(61)48-22-17-42-31-40-15-13-14-16-41(40)32-43(42)33-48)69-59-27-20-46(65(7,8)9)36-53(59)54-37-47(66(10,11)12)21-28-60(54)69/h13-20,22-27,29-39H,21,28H2,1-12H3. The van der Waals surface area contributed by atoms with Crippen LogP contribution in [0.25, 0.3) is 99.2 Å². The van der Waals surface area contributed by atoms with E-state index in [0.717, 1.165) is 18.5 Å². The highest BCUT2D eigenvalue weighted by Crippen LogP contribution is 2.45. The van der Waals surface area contributed by atoms with E-state index in [9.17, 15) is 0 Å². The van der Waals surface area contributed by atoms with Gasteiger partial charge in [0.2, 0.25) is 0 Å². The van der Waals surface area contributed by atoms with E-state index in [2.05, 4.69) is 248 Å². The van der Waals surface area contributed by atoms with Crippen LogP contribution >= 0.6 is 0 Å². The number of rotatable bonds is 3. The van der Waals surface area contributed by atoms with Crippen molar-refractivity contribution < 1.29 is 0 Å². The van der Waals surface area contributed by atoms with Crippen LogP contribution in [0.4, 0.5) is 0 Å². The highest BCUT2D eigenvalue weighted by Gasteiger charge is 2.28. The number of benzene rings is 8. The molecule has 3 nitrogen and oxygen atoms in total. The van der Waals surface area contributed by atoms with E-state index >= 15 is 0 Å². The van der Waals surface area contributed by atoms with Gasteiger partial charge in [-0.05, 0) is 170 Å². The van der Waals surface area contributed by atoms with E-state index in [1.807, 2.05) is 0 Å². The number of nitrogens with zero attached hydrogens (tertiary/aromatic N) is 3. The van der Waals surface area contributed by atoms with Crippen molar-refractivity contribution in [3.8, 4) is 17.1 Å². The molecule has 12 rings (SSSR count). The lowest BCUT2D eigenvalue weighted by Gasteiger charge is -2.27. The average molecular weight is 900 g/mol. The summed E-state index contributed by atoms with van der Waals surface area (Å²) in [5.74, 6) is 0. The van der Waals surface area contributed by atoms with Crippen LogP contribution in [0.5, 0.6) is 0 Å². The maximum Gasteiger partial charge on any atom is 0.0542 e. The highest BCUT2D eigenvalue weighted by atomic mass is 15.0. The molecule has 11 aromatic rings. The fraction of sp³-hybridized carbons (Fsp3) is 0.273. The van der Waals surface area contributed by atoms with Gasteiger partial charge in [0, 0.05) is 55.3 Å². The normalized spacial score (nSPS) is 14.1. The number of hydrogen-bond donors (Lipinski definition) is 0. The Morgan fingerprint density at radius 1 is 0.319 bits per heavy atom. The fourth-order valence-electron chi connectivity index (χ4n) is 11.5. The second-order valence-electron chi connectivity index (χ2n) is 24.4. The first-order chi connectivity index (χ1) is 32.7. The van der Waals surface area contributed by atoms with E-state index in [0.29, 0.717) is 0 Å². The predicted octanol–water partition coefficient (Wildman–Crippen LogP) is 18.4. The molecule has 0 saturated carbocycles. The van der Waals surface area contributed by atoms with E-state index in [1.54, 1.807) is 0 Å². The zero-order chi connectivity index (χ0) is 48.1. The molecular weight excluding hydrogens is 835 g/mol. The molecule has 0 amide bonds. The molecule has 1 aliphatic rings. The molecule has 0 spiro atoms. The van der Waals surface area contributed by atoms with Crippen LogP contribution in [0, 0.1) is 5.41 Å². The Morgan fingerprint density at radius 3 is 1.20 bits per heavy atom. The minimum absolute atomic E-state index is 0.0307. The molecule has 3 aromatic heterocycles. The first kappa shape index (κ1) is 43.4. The summed E-state index contributed by atoms with van der Waals surface area (Å²) in [6.07, 6.45) is 4.61. The predicted molar refractivity (Wildman–Crippen MR) is 299 cm³/mol. The largest absolute Gasteiger partial charge is 0.313 e. The zero-order valence-corrected chi connectivity index (χ0v) is 42.7. The van der Waals surface area contributed by atoms with Crippen LogP contribution in [-0.2, 0) is 22.7 Å². The van der Waals surface area contributed by atoms with Crippen molar-refractivity contribution >= 4 is 82.1 Å². The van der Waals surface area contributed by atoms with Crippen LogP contribution in [0.2, 0.25) is 0 Å². The summed E-state index contributed by atoms with van der Waals surface area (Å²) in [4.78, 5) is 0. The van der Waals surface area contributed by atoms with Gasteiger partial charge in [-0.3, -0.25) is 0 Å². The maximum atomic E-state index is 2.59. The number of fused-ring (bicyclic) bond motifs is 11. The van der Waals surface area contributed by atoms with Gasteiger partial charge in [-0.25, -0.2) is 0 Å². The second kappa shape index (κ2) is 14.8. The Kier molecular flexibility index (Phi) is 9.34. The third-order valence-electron chi connectivity index (χ3n) is 15.6. The smallest absolute Gasteiger partial charge is 0.0542 e. The van der Waals surface area contributed by atoms with Crippen molar-refractivity contribution in [2.45, 2.75) is 112 Å². The monoisotopic (exact) mass is 900 g/mol. The van der Waals surface area contributed by atoms with Gasteiger partial charge in [-0.15, -0.1) is 0 Å². The summed E-state index contributed by atoms with van der Waals surface area (Å²) >= 11 is 0. The minimum Gasteiger partial charge on any atom is -0.313 e. The van der Waals surface area contributed by atoms with Gasteiger partial charge in [0.1, 0.15) is 0 Å². The van der Waals surface area contributed by atoms with Gasteiger partial charge < -0.3 is 13.7 Å². The number of allylic oxidation sites excluding steroid dienone is 1. The lowest BCUT2D eigenvalue weighted by atomic mass is 9.79.